The number of fused-ring (bicyclic) bond motifs is 1. The Balaban J connectivity index is 0.00000192. The number of halogens is 2. The number of amides is 1. The molecule has 0 radical (unpaired) electrons. The van der Waals surface area contributed by atoms with Gasteiger partial charge in [0.2, 0.25) is 0 Å². The van der Waals surface area contributed by atoms with E-state index in [4.69, 9.17) is 26.8 Å². The number of rotatable bonds is 2. The monoisotopic (exact) mass is 360 g/mol. The van der Waals surface area contributed by atoms with E-state index in [1.807, 2.05) is 4.90 Å². The molecule has 0 aromatic heterocycles. The van der Waals surface area contributed by atoms with E-state index in [1.165, 1.54) is 13.5 Å². The minimum Gasteiger partial charge on any atom is -0.496 e. The molecular formula is C16H22Cl2N2O3. The fraction of sp³-hybridized carbons (Fsp3) is 0.562. The second-order valence-corrected chi connectivity index (χ2v) is 6.24. The molecule has 0 bridgehead atoms. The summed E-state index contributed by atoms with van der Waals surface area (Å²) in [5, 5.41) is 0.373. The third-order valence-corrected chi connectivity index (χ3v) is 4.87. The zero-order valence-corrected chi connectivity index (χ0v) is 14.7. The average molecular weight is 361 g/mol. The van der Waals surface area contributed by atoms with Crippen LogP contribution < -0.4 is 10.5 Å². The molecule has 1 aromatic carbocycles. The lowest BCUT2D eigenvalue weighted by atomic mass is 9.89. The van der Waals surface area contributed by atoms with Gasteiger partial charge in [0.1, 0.15) is 5.75 Å². The van der Waals surface area contributed by atoms with Gasteiger partial charge in [0.05, 0.1) is 42.1 Å². The van der Waals surface area contributed by atoms with Gasteiger partial charge in [-0.25, -0.2) is 0 Å². The van der Waals surface area contributed by atoms with Crippen LogP contribution in [0.1, 0.15) is 36.0 Å². The van der Waals surface area contributed by atoms with Gasteiger partial charge in [-0.2, -0.15) is 0 Å². The summed E-state index contributed by atoms with van der Waals surface area (Å²) in [5.74, 6) is 0.407. The van der Waals surface area contributed by atoms with Gasteiger partial charge >= 0.3 is 0 Å². The van der Waals surface area contributed by atoms with Crippen molar-refractivity contribution < 1.29 is 14.3 Å². The van der Waals surface area contributed by atoms with E-state index in [0.29, 0.717) is 35.2 Å². The van der Waals surface area contributed by atoms with Gasteiger partial charge in [-0.05, 0) is 18.9 Å². The second-order valence-electron chi connectivity index (χ2n) is 5.83. The molecule has 2 N–H and O–H groups in total. The first-order chi connectivity index (χ1) is 10.6. The van der Waals surface area contributed by atoms with E-state index in [1.54, 1.807) is 12.1 Å². The molecule has 5 nitrogen and oxygen atoms in total. The molecule has 3 rings (SSSR count). The van der Waals surface area contributed by atoms with Crippen LogP contribution in [0.3, 0.4) is 0 Å². The van der Waals surface area contributed by atoms with E-state index in [9.17, 15) is 4.79 Å². The summed E-state index contributed by atoms with van der Waals surface area (Å²) in [4.78, 5) is 14.9. The van der Waals surface area contributed by atoms with Gasteiger partial charge in [0.25, 0.3) is 5.91 Å². The fourth-order valence-electron chi connectivity index (χ4n) is 3.41. The SMILES string of the molecule is COc1cc(N)c(Cl)cc1C(=O)N1CCOC2CCCCC21.Cl. The van der Waals surface area contributed by atoms with Crippen LogP contribution in [0.4, 0.5) is 5.69 Å². The highest BCUT2D eigenvalue weighted by Gasteiger charge is 2.37. The molecule has 1 heterocycles. The first-order valence-corrected chi connectivity index (χ1v) is 8.05. The maximum atomic E-state index is 13.0. The van der Waals surface area contributed by atoms with E-state index in [0.717, 1.165) is 19.3 Å². The van der Waals surface area contributed by atoms with Crippen molar-refractivity contribution in [3.05, 3.63) is 22.7 Å². The fourth-order valence-corrected chi connectivity index (χ4v) is 3.57. The number of nitrogens with zero attached hydrogens (tertiary/aromatic N) is 1. The highest BCUT2D eigenvalue weighted by molar-refractivity contribution is 6.33. The van der Waals surface area contributed by atoms with Crippen molar-refractivity contribution in [2.24, 2.45) is 0 Å². The first-order valence-electron chi connectivity index (χ1n) is 7.67. The molecule has 1 amide bonds. The number of ether oxygens (including phenoxy) is 2. The first kappa shape index (κ1) is 18.2. The Morgan fingerprint density at radius 2 is 2.13 bits per heavy atom. The number of benzene rings is 1. The molecule has 1 aromatic rings. The maximum absolute atomic E-state index is 13.0. The normalized spacial score (nSPS) is 23.7. The molecule has 1 saturated carbocycles. The molecule has 1 saturated heterocycles. The third-order valence-electron chi connectivity index (χ3n) is 4.54. The lowest BCUT2D eigenvalue weighted by Gasteiger charge is -2.43. The van der Waals surface area contributed by atoms with Crippen LogP contribution in [-0.4, -0.2) is 43.2 Å². The van der Waals surface area contributed by atoms with E-state index in [-0.39, 0.29) is 30.5 Å². The number of carbonyl (C=O) groups excluding carboxylic acids is 1. The van der Waals surface area contributed by atoms with E-state index >= 15 is 0 Å². The summed E-state index contributed by atoms with van der Waals surface area (Å²) in [7, 11) is 1.53. The zero-order valence-electron chi connectivity index (χ0n) is 13.1. The van der Waals surface area contributed by atoms with Crippen molar-refractivity contribution >= 4 is 35.6 Å². The Kier molecular flexibility index (Phi) is 6.00. The summed E-state index contributed by atoms with van der Waals surface area (Å²) in [5.41, 5.74) is 6.67. The number of morpholine rings is 1. The molecule has 2 unspecified atom stereocenters. The molecule has 2 atom stereocenters. The number of methoxy groups -OCH3 is 1. The van der Waals surface area contributed by atoms with Crippen LogP contribution in [0.25, 0.3) is 0 Å². The topological polar surface area (TPSA) is 64.8 Å². The second kappa shape index (κ2) is 7.60. The Hall–Kier alpha value is -1.17. The van der Waals surface area contributed by atoms with Crippen molar-refractivity contribution in [2.45, 2.75) is 37.8 Å². The summed E-state index contributed by atoms with van der Waals surface area (Å²) in [6, 6.07) is 3.36. The van der Waals surface area contributed by atoms with Gasteiger partial charge < -0.3 is 20.1 Å². The van der Waals surface area contributed by atoms with Crippen LogP contribution in [0.15, 0.2) is 12.1 Å². The lowest BCUT2D eigenvalue weighted by molar-refractivity contribution is -0.0753. The predicted octanol–water partition coefficient (Wildman–Crippen LogP) is 3.14. The number of carbonyl (C=O) groups is 1. The van der Waals surface area contributed by atoms with Crippen LogP contribution in [0, 0.1) is 0 Å². The maximum Gasteiger partial charge on any atom is 0.258 e. The minimum atomic E-state index is -0.0565. The number of hydrogen-bond donors (Lipinski definition) is 1. The van der Waals surface area contributed by atoms with Crippen molar-refractivity contribution in [3.63, 3.8) is 0 Å². The van der Waals surface area contributed by atoms with Crippen LogP contribution in [-0.2, 0) is 4.74 Å². The Morgan fingerprint density at radius 1 is 1.39 bits per heavy atom. The summed E-state index contributed by atoms with van der Waals surface area (Å²) in [6.07, 6.45) is 4.46. The van der Waals surface area contributed by atoms with Crippen molar-refractivity contribution in [1.82, 2.24) is 4.90 Å². The largest absolute Gasteiger partial charge is 0.496 e. The molecule has 1 aliphatic carbocycles. The van der Waals surface area contributed by atoms with Crippen LogP contribution in [0.5, 0.6) is 5.75 Å². The molecule has 128 valence electrons. The van der Waals surface area contributed by atoms with Gasteiger partial charge in [-0.1, -0.05) is 24.4 Å². The van der Waals surface area contributed by atoms with E-state index in [2.05, 4.69) is 0 Å². The van der Waals surface area contributed by atoms with Crippen LogP contribution >= 0.6 is 24.0 Å². The molecular weight excluding hydrogens is 339 g/mol. The number of nitrogens with two attached hydrogens (primary N) is 1. The number of nitrogen functional groups attached to an aromatic ring is 1. The smallest absolute Gasteiger partial charge is 0.258 e. The van der Waals surface area contributed by atoms with Gasteiger partial charge in [-0.15, -0.1) is 12.4 Å². The highest BCUT2D eigenvalue weighted by Crippen LogP contribution is 2.33. The minimum absolute atomic E-state index is 0. The molecule has 0 spiro atoms. The standard InChI is InChI=1S/C16H21ClN2O3.ClH/c1-21-15-9-12(18)11(17)8-10(15)16(20)19-6-7-22-14-5-3-2-4-13(14)19;/h8-9,13-14H,2-7,18H2,1H3;1H. The Labute approximate surface area is 147 Å². The average Bonchev–Trinajstić information content (AvgIpc) is 2.55. The number of hydrogen-bond acceptors (Lipinski definition) is 4. The summed E-state index contributed by atoms with van der Waals surface area (Å²) in [6.45, 7) is 1.18. The van der Waals surface area contributed by atoms with Gasteiger partial charge in [0, 0.05) is 12.6 Å². The van der Waals surface area contributed by atoms with Crippen molar-refractivity contribution in [1.29, 1.82) is 0 Å². The van der Waals surface area contributed by atoms with Crippen LogP contribution in [0.2, 0.25) is 5.02 Å². The summed E-state index contributed by atoms with van der Waals surface area (Å²) >= 11 is 6.09. The highest BCUT2D eigenvalue weighted by atomic mass is 35.5. The number of anilines is 1. The quantitative estimate of drug-likeness (QED) is 0.822. The lowest BCUT2D eigenvalue weighted by Crippen LogP contribution is -2.54. The molecule has 2 fully saturated rings. The summed E-state index contributed by atoms with van der Waals surface area (Å²) < 4.78 is 11.1. The predicted molar refractivity (Wildman–Crippen MR) is 92.7 cm³/mol. The Bertz CT molecular complexity index is 581. The third kappa shape index (κ3) is 3.52. The Morgan fingerprint density at radius 3 is 2.87 bits per heavy atom. The zero-order chi connectivity index (χ0) is 15.7. The van der Waals surface area contributed by atoms with Crippen molar-refractivity contribution in [2.75, 3.05) is 26.0 Å². The molecule has 1 aliphatic heterocycles. The van der Waals surface area contributed by atoms with Gasteiger partial charge in [0.15, 0.2) is 0 Å². The van der Waals surface area contributed by atoms with Crippen molar-refractivity contribution in [3.8, 4) is 5.75 Å². The molecule has 7 heteroatoms. The van der Waals surface area contributed by atoms with Gasteiger partial charge in [-0.3, -0.25) is 4.79 Å². The molecule has 23 heavy (non-hydrogen) atoms. The van der Waals surface area contributed by atoms with E-state index < -0.39 is 0 Å². The molecule has 2 aliphatic rings.